The van der Waals surface area contributed by atoms with Crippen LogP contribution < -0.4 is 5.32 Å². The second-order valence-electron chi connectivity index (χ2n) is 5.28. The van der Waals surface area contributed by atoms with E-state index in [1.165, 1.54) is 17.0 Å². The summed E-state index contributed by atoms with van der Waals surface area (Å²) < 4.78 is 27.0. The van der Waals surface area contributed by atoms with Gasteiger partial charge in [-0.05, 0) is 12.0 Å². The third kappa shape index (κ3) is 3.04. The highest BCUT2D eigenvalue weighted by atomic mass is 19.2. The summed E-state index contributed by atoms with van der Waals surface area (Å²) in [5.41, 5.74) is 0.0753. The average Bonchev–Trinajstić information content (AvgIpc) is 2.47. The molecule has 1 N–H and O–H groups in total. The Kier molecular flexibility index (Phi) is 4.55. The van der Waals surface area contributed by atoms with Crippen molar-refractivity contribution < 1.29 is 18.4 Å². The van der Waals surface area contributed by atoms with E-state index >= 15 is 0 Å². The number of amides is 2. The van der Waals surface area contributed by atoms with Crippen LogP contribution in [0.2, 0.25) is 0 Å². The van der Waals surface area contributed by atoms with Crippen LogP contribution in [0.3, 0.4) is 0 Å². The highest BCUT2D eigenvalue weighted by molar-refractivity contribution is 5.95. The summed E-state index contributed by atoms with van der Waals surface area (Å²) in [4.78, 5) is 25.4. The molecule has 0 aliphatic carbocycles. The number of rotatable bonds is 4. The molecule has 21 heavy (non-hydrogen) atoms. The van der Waals surface area contributed by atoms with Crippen molar-refractivity contribution in [3.8, 4) is 0 Å². The Hall–Kier alpha value is -1.98. The highest BCUT2D eigenvalue weighted by Crippen LogP contribution is 2.22. The van der Waals surface area contributed by atoms with Crippen molar-refractivity contribution >= 4 is 11.8 Å². The molecule has 2 amide bonds. The van der Waals surface area contributed by atoms with Gasteiger partial charge in [-0.15, -0.1) is 0 Å². The number of nitrogens with one attached hydrogen (secondary N) is 1. The van der Waals surface area contributed by atoms with Crippen LogP contribution in [0.25, 0.3) is 0 Å². The van der Waals surface area contributed by atoms with E-state index < -0.39 is 17.7 Å². The molecule has 2 atom stereocenters. The second-order valence-corrected chi connectivity index (χ2v) is 5.28. The van der Waals surface area contributed by atoms with Gasteiger partial charge in [0.15, 0.2) is 11.6 Å². The molecule has 1 aliphatic heterocycles. The van der Waals surface area contributed by atoms with Crippen LogP contribution in [0.5, 0.6) is 0 Å². The summed E-state index contributed by atoms with van der Waals surface area (Å²) >= 11 is 0. The summed E-state index contributed by atoms with van der Waals surface area (Å²) in [5.74, 6) is -2.53. The Morgan fingerprint density at radius 1 is 1.38 bits per heavy atom. The van der Waals surface area contributed by atoms with Gasteiger partial charge in [0.2, 0.25) is 11.8 Å². The molecule has 1 heterocycles. The molecule has 0 saturated carbocycles. The summed E-state index contributed by atoms with van der Waals surface area (Å²) in [6, 6.07) is 3.18. The summed E-state index contributed by atoms with van der Waals surface area (Å²) in [6.07, 6.45) is 0.702. The van der Waals surface area contributed by atoms with Gasteiger partial charge in [-0.1, -0.05) is 32.4 Å². The lowest BCUT2D eigenvalue weighted by atomic mass is 9.94. The van der Waals surface area contributed by atoms with Crippen LogP contribution in [-0.2, 0) is 16.1 Å². The zero-order chi connectivity index (χ0) is 15.6. The Morgan fingerprint density at radius 3 is 2.76 bits per heavy atom. The predicted molar refractivity (Wildman–Crippen MR) is 73.2 cm³/mol. The lowest BCUT2D eigenvalue weighted by Gasteiger charge is -2.38. The molecule has 114 valence electrons. The van der Waals surface area contributed by atoms with Crippen molar-refractivity contribution in [2.45, 2.75) is 32.9 Å². The predicted octanol–water partition coefficient (Wildman–Crippen LogP) is 1.84. The quantitative estimate of drug-likeness (QED) is 0.921. The van der Waals surface area contributed by atoms with Gasteiger partial charge in [-0.25, -0.2) is 8.78 Å². The smallest absolute Gasteiger partial charge is 0.243 e. The van der Waals surface area contributed by atoms with Crippen LogP contribution in [0, 0.1) is 17.6 Å². The van der Waals surface area contributed by atoms with Crippen molar-refractivity contribution in [2.24, 2.45) is 5.92 Å². The summed E-state index contributed by atoms with van der Waals surface area (Å²) in [7, 11) is 0. The molecular formula is C15H18F2N2O2. The van der Waals surface area contributed by atoms with Gasteiger partial charge in [-0.2, -0.15) is 0 Å². The maximum atomic E-state index is 13.8. The fourth-order valence-corrected chi connectivity index (χ4v) is 2.49. The Labute approximate surface area is 122 Å². The standard InChI is InChI=1S/C15H18F2N2O2/c1-3-9(2)14-15(21)18-7-12(20)19(14)8-10-5-4-6-11(16)13(10)17/h4-6,9,14H,3,7-8H2,1-2H3,(H,18,21). The van der Waals surface area contributed by atoms with E-state index in [1.807, 2.05) is 13.8 Å². The first-order valence-electron chi connectivity index (χ1n) is 6.95. The molecular weight excluding hydrogens is 278 g/mol. The van der Waals surface area contributed by atoms with E-state index in [0.29, 0.717) is 6.42 Å². The molecule has 1 fully saturated rings. The van der Waals surface area contributed by atoms with Crippen molar-refractivity contribution in [3.05, 3.63) is 35.4 Å². The van der Waals surface area contributed by atoms with Crippen LogP contribution in [-0.4, -0.2) is 29.3 Å². The molecule has 2 unspecified atom stereocenters. The van der Waals surface area contributed by atoms with Crippen molar-refractivity contribution in [1.29, 1.82) is 0 Å². The molecule has 0 radical (unpaired) electrons. The monoisotopic (exact) mass is 296 g/mol. The van der Waals surface area contributed by atoms with E-state index in [1.54, 1.807) is 0 Å². The van der Waals surface area contributed by atoms with E-state index in [0.717, 1.165) is 6.07 Å². The number of hydrogen-bond acceptors (Lipinski definition) is 2. The third-order valence-electron chi connectivity index (χ3n) is 3.89. The van der Waals surface area contributed by atoms with E-state index in [2.05, 4.69) is 5.32 Å². The number of carbonyl (C=O) groups excluding carboxylic acids is 2. The van der Waals surface area contributed by atoms with Gasteiger partial charge in [0.25, 0.3) is 0 Å². The largest absolute Gasteiger partial charge is 0.345 e. The van der Waals surface area contributed by atoms with Gasteiger partial charge in [-0.3, -0.25) is 9.59 Å². The molecule has 0 bridgehead atoms. The summed E-state index contributed by atoms with van der Waals surface area (Å²) in [6.45, 7) is 3.56. The molecule has 1 aliphatic rings. The Bertz CT molecular complexity index is 563. The number of benzene rings is 1. The van der Waals surface area contributed by atoms with E-state index in [9.17, 15) is 18.4 Å². The second kappa shape index (κ2) is 6.20. The number of piperazine rings is 1. The maximum Gasteiger partial charge on any atom is 0.243 e. The van der Waals surface area contributed by atoms with Crippen molar-refractivity contribution in [2.75, 3.05) is 6.54 Å². The minimum atomic E-state index is -0.973. The fourth-order valence-electron chi connectivity index (χ4n) is 2.49. The fraction of sp³-hybridized carbons (Fsp3) is 0.467. The zero-order valence-electron chi connectivity index (χ0n) is 12.0. The first kappa shape index (κ1) is 15.4. The SMILES string of the molecule is CCC(C)C1C(=O)NCC(=O)N1Cc1cccc(F)c1F. The van der Waals surface area contributed by atoms with E-state index in [4.69, 9.17) is 0 Å². The molecule has 1 aromatic carbocycles. The Morgan fingerprint density at radius 2 is 2.10 bits per heavy atom. The molecule has 0 aromatic heterocycles. The molecule has 4 nitrogen and oxygen atoms in total. The molecule has 1 saturated heterocycles. The lowest BCUT2D eigenvalue weighted by molar-refractivity contribution is -0.148. The highest BCUT2D eigenvalue weighted by Gasteiger charge is 2.37. The first-order valence-corrected chi connectivity index (χ1v) is 6.95. The molecule has 6 heteroatoms. The average molecular weight is 296 g/mol. The number of hydrogen-bond donors (Lipinski definition) is 1. The van der Waals surface area contributed by atoms with Gasteiger partial charge < -0.3 is 10.2 Å². The number of halogens is 2. The van der Waals surface area contributed by atoms with Crippen molar-refractivity contribution in [1.82, 2.24) is 10.2 Å². The minimum absolute atomic E-state index is 0.0640. The molecule has 2 rings (SSSR count). The topological polar surface area (TPSA) is 49.4 Å². The van der Waals surface area contributed by atoms with E-state index in [-0.39, 0.29) is 36.4 Å². The first-order chi connectivity index (χ1) is 9.95. The number of carbonyl (C=O) groups is 2. The van der Waals surface area contributed by atoms with Gasteiger partial charge in [0.1, 0.15) is 6.04 Å². The molecule has 1 aromatic rings. The van der Waals surface area contributed by atoms with Crippen LogP contribution in [0.4, 0.5) is 8.78 Å². The zero-order valence-corrected chi connectivity index (χ0v) is 12.0. The lowest BCUT2D eigenvalue weighted by Crippen LogP contribution is -2.60. The van der Waals surface area contributed by atoms with Crippen LogP contribution in [0.15, 0.2) is 18.2 Å². The normalized spacial score (nSPS) is 20.4. The van der Waals surface area contributed by atoms with Crippen LogP contribution >= 0.6 is 0 Å². The minimum Gasteiger partial charge on any atom is -0.345 e. The number of nitrogens with zero attached hydrogens (tertiary/aromatic N) is 1. The van der Waals surface area contributed by atoms with Crippen molar-refractivity contribution in [3.63, 3.8) is 0 Å². The van der Waals surface area contributed by atoms with Gasteiger partial charge in [0.05, 0.1) is 6.54 Å². The van der Waals surface area contributed by atoms with Gasteiger partial charge >= 0.3 is 0 Å². The maximum absolute atomic E-state index is 13.8. The van der Waals surface area contributed by atoms with Gasteiger partial charge in [0, 0.05) is 12.1 Å². The third-order valence-corrected chi connectivity index (χ3v) is 3.89. The van der Waals surface area contributed by atoms with Crippen LogP contribution in [0.1, 0.15) is 25.8 Å². The molecule has 0 spiro atoms. The summed E-state index contributed by atoms with van der Waals surface area (Å²) in [5, 5.41) is 2.54. The Balaban J connectivity index is 2.31.